The summed E-state index contributed by atoms with van der Waals surface area (Å²) >= 11 is 5.75. The third kappa shape index (κ3) is 3.53. The molecule has 0 spiro atoms. The zero-order valence-electron chi connectivity index (χ0n) is 10.8. The van der Waals surface area contributed by atoms with Crippen LogP contribution < -0.4 is 5.32 Å². The van der Waals surface area contributed by atoms with Crippen molar-refractivity contribution in [2.45, 2.75) is 9.79 Å². The first-order valence-corrected chi connectivity index (χ1v) is 7.83. The fraction of sp³-hybridized carbons (Fsp3) is 0.0714. The third-order valence-corrected chi connectivity index (χ3v) is 4.81. The van der Waals surface area contributed by atoms with E-state index in [2.05, 4.69) is 5.32 Å². The van der Waals surface area contributed by atoms with Crippen LogP contribution >= 0.6 is 11.6 Å². The van der Waals surface area contributed by atoms with Gasteiger partial charge in [0.25, 0.3) is 0 Å². The van der Waals surface area contributed by atoms with Gasteiger partial charge in [-0.25, -0.2) is 8.42 Å². The highest BCUT2D eigenvalue weighted by atomic mass is 35.5. The molecule has 0 unspecified atom stereocenters. The van der Waals surface area contributed by atoms with Crippen molar-refractivity contribution in [1.29, 1.82) is 0 Å². The van der Waals surface area contributed by atoms with Crippen LogP contribution in [0.5, 0.6) is 0 Å². The van der Waals surface area contributed by atoms with Gasteiger partial charge in [0, 0.05) is 5.02 Å². The van der Waals surface area contributed by atoms with E-state index < -0.39 is 15.8 Å². The minimum absolute atomic E-state index is 0.0218. The molecule has 0 fully saturated rings. The summed E-state index contributed by atoms with van der Waals surface area (Å²) in [6.07, 6.45) is 0. The van der Waals surface area contributed by atoms with Crippen molar-refractivity contribution >= 4 is 33.1 Å². The quantitative estimate of drug-likeness (QED) is 0.883. The maximum atomic E-state index is 12.6. The Hall–Kier alpha value is -2.05. The lowest BCUT2D eigenvalue weighted by atomic mass is 10.3. The molecular weight excluding hydrogens is 314 g/mol. The number of nitrogens with one attached hydrogen (secondary N) is 1. The minimum atomic E-state index is -3.75. The summed E-state index contributed by atoms with van der Waals surface area (Å²) in [5.74, 6) is -1.08. The Labute approximate surface area is 127 Å². The van der Waals surface area contributed by atoms with Crippen LogP contribution in [-0.2, 0) is 14.6 Å². The summed E-state index contributed by atoms with van der Waals surface area (Å²) in [4.78, 5) is 10.7. The van der Waals surface area contributed by atoms with Gasteiger partial charge in [0.2, 0.25) is 9.84 Å². The van der Waals surface area contributed by atoms with Gasteiger partial charge < -0.3 is 10.4 Å². The van der Waals surface area contributed by atoms with Gasteiger partial charge in [0.05, 0.1) is 15.5 Å². The number of benzene rings is 2. The number of anilines is 1. The molecule has 0 heterocycles. The van der Waals surface area contributed by atoms with Crippen LogP contribution in [0.15, 0.2) is 58.3 Å². The Bertz CT molecular complexity index is 757. The van der Waals surface area contributed by atoms with Crippen LogP contribution in [0.4, 0.5) is 5.69 Å². The third-order valence-electron chi connectivity index (χ3n) is 2.73. The molecule has 0 radical (unpaired) electrons. The van der Waals surface area contributed by atoms with Crippen molar-refractivity contribution in [1.82, 2.24) is 0 Å². The largest absolute Gasteiger partial charge is 0.480 e. The number of carboxylic acid groups (broad SMARTS) is 1. The van der Waals surface area contributed by atoms with Crippen LogP contribution in [0.2, 0.25) is 5.02 Å². The van der Waals surface area contributed by atoms with Crippen molar-refractivity contribution < 1.29 is 18.3 Å². The number of hydrogen-bond acceptors (Lipinski definition) is 4. The van der Waals surface area contributed by atoms with E-state index in [-0.39, 0.29) is 22.0 Å². The van der Waals surface area contributed by atoms with Gasteiger partial charge in [-0.05, 0) is 36.4 Å². The van der Waals surface area contributed by atoms with Crippen molar-refractivity contribution in [2.75, 3.05) is 11.9 Å². The lowest BCUT2D eigenvalue weighted by Crippen LogP contribution is -2.15. The Morgan fingerprint density at radius 1 is 1.10 bits per heavy atom. The van der Waals surface area contributed by atoms with Crippen LogP contribution in [0, 0.1) is 0 Å². The molecule has 0 aliphatic heterocycles. The van der Waals surface area contributed by atoms with E-state index in [1.165, 1.54) is 36.4 Å². The molecule has 2 aromatic rings. The van der Waals surface area contributed by atoms with E-state index in [9.17, 15) is 13.2 Å². The maximum Gasteiger partial charge on any atom is 0.322 e. The van der Waals surface area contributed by atoms with E-state index in [0.717, 1.165) is 0 Å². The first kappa shape index (κ1) is 15.3. The fourth-order valence-corrected chi connectivity index (χ4v) is 3.32. The van der Waals surface area contributed by atoms with Crippen molar-refractivity contribution in [3.05, 3.63) is 53.6 Å². The monoisotopic (exact) mass is 325 g/mol. The highest BCUT2D eigenvalue weighted by Gasteiger charge is 2.21. The molecular formula is C14H12ClNO4S. The number of sulfone groups is 1. The molecule has 0 atom stereocenters. The average Bonchev–Trinajstić information content (AvgIpc) is 2.46. The first-order chi connectivity index (χ1) is 9.91. The normalized spacial score (nSPS) is 11.1. The molecule has 2 N–H and O–H groups in total. The van der Waals surface area contributed by atoms with Crippen LogP contribution in [0.25, 0.3) is 0 Å². The predicted octanol–water partition coefficient (Wildman–Crippen LogP) is 2.67. The lowest BCUT2D eigenvalue weighted by molar-refractivity contribution is -0.134. The van der Waals surface area contributed by atoms with Crippen molar-refractivity contribution in [3.63, 3.8) is 0 Å². The van der Waals surface area contributed by atoms with Gasteiger partial charge in [-0.2, -0.15) is 0 Å². The Morgan fingerprint density at radius 3 is 2.33 bits per heavy atom. The molecule has 0 aliphatic rings. The summed E-state index contributed by atoms with van der Waals surface area (Å²) < 4.78 is 25.2. The van der Waals surface area contributed by atoms with Crippen LogP contribution in [0.3, 0.4) is 0 Å². The summed E-state index contributed by atoms with van der Waals surface area (Å²) in [6.45, 7) is -0.368. The molecule has 110 valence electrons. The number of para-hydroxylation sites is 1. The second-order valence-electron chi connectivity index (χ2n) is 4.20. The Morgan fingerprint density at radius 2 is 1.71 bits per heavy atom. The van der Waals surface area contributed by atoms with E-state index in [1.54, 1.807) is 12.1 Å². The second-order valence-corrected chi connectivity index (χ2v) is 6.56. The van der Waals surface area contributed by atoms with Gasteiger partial charge in [-0.15, -0.1) is 0 Å². The molecule has 0 bridgehead atoms. The molecule has 0 aromatic heterocycles. The number of halogens is 1. The lowest BCUT2D eigenvalue weighted by Gasteiger charge is -2.11. The maximum absolute atomic E-state index is 12.6. The Balaban J connectivity index is 2.45. The highest BCUT2D eigenvalue weighted by Crippen LogP contribution is 2.28. The molecule has 21 heavy (non-hydrogen) atoms. The number of carboxylic acids is 1. The summed E-state index contributed by atoms with van der Waals surface area (Å²) in [5.41, 5.74) is 0.245. The molecule has 2 rings (SSSR count). The highest BCUT2D eigenvalue weighted by molar-refractivity contribution is 7.91. The molecule has 7 heteroatoms. The number of carbonyl (C=O) groups is 1. The van der Waals surface area contributed by atoms with Gasteiger partial charge >= 0.3 is 5.97 Å². The molecule has 0 amide bonds. The van der Waals surface area contributed by atoms with E-state index in [1.807, 2.05) is 0 Å². The summed E-state index contributed by atoms with van der Waals surface area (Å²) in [7, 11) is -3.75. The number of rotatable bonds is 5. The fourth-order valence-electron chi connectivity index (χ4n) is 1.76. The number of aliphatic carboxylic acids is 1. The summed E-state index contributed by atoms with van der Waals surface area (Å²) in [6, 6.07) is 11.9. The van der Waals surface area contributed by atoms with Crippen LogP contribution in [0.1, 0.15) is 0 Å². The molecule has 0 saturated heterocycles. The van der Waals surface area contributed by atoms with Gasteiger partial charge in [-0.3, -0.25) is 4.79 Å². The molecule has 0 saturated carbocycles. The Kier molecular flexibility index (Phi) is 4.50. The van der Waals surface area contributed by atoms with Crippen molar-refractivity contribution in [2.24, 2.45) is 0 Å². The van der Waals surface area contributed by atoms with Crippen molar-refractivity contribution in [3.8, 4) is 0 Å². The van der Waals surface area contributed by atoms with E-state index in [0.29, 0.717) is 5.02 Å². The molecule has 0 aliphatic carbocycles. The van der Waals surface area contributed by atoms with E-state index >= 15 is 0 Å². The van der Waals surface area contributed by atoms with Gasteiger partial charge in [-0.1, -0.05) is 23.7 Å². The number of hydrogen-bond donors (Lipinski definition) is 2. The topological polar surface area (TPSA) is 83.5 Å². The zero-order valence-corrected chi connectivity index (χ0v) is 12.4. The predicted molar refractivity (Wildman–Crippen MR) is 79.5 cm³/mol. The SMILES string of the molecule is O=C(O)CNc1ccccc1S(=O)(=O)c1ccc(Cl)cc1. The molecule has 2 aromatic carbocycles. The average molecular weight is 326 g/mol. The summed E-state index contributed by atoms with van der Waals surface area (Å²) in [5, 5.41) is 11.7. The minimum Gasteiger partial charge on any atom is -0.480 e. The smallest absolute Gasteiger partial charge is 0.322 e. The first-order valence-electron chi connectivity index (χ1n) is 5.96. The van der Waals surface area contributed by atoms with E-state index in [4.69, 9.17) is 16.7 Å². The standard InChI is InChI=1S/C14H12ClNO4S/c15-10-5-7-11(8-6-10)21(19,20)13-4-2-1-3-12(13)16-9-14(17)18/h1-8,16H,9H2,(H,17,18). The molecule has 5 nitrogen and oxygen atoms in total. The van der Waals surface area contributed by atoms with Gasteiger partial charge in [0.1, 0.15) is 6.54 Å². The van der Waals surface area contributed by atoms with Gasteiger partial charge in [0.15, 0.2) is 0 Å². The zero-order chi connectivity index (χ0) is 15.5. The second kappa shape index (κ2) is 6.15. The van der Waals surface area contributed by atoms with Crippen LogP contribution in [-0.4, -0.2) is 26.0 Å².